The molecule has 96 valence electrons. The van der Waals surface area contributed by atoms with Crippen LogP contribution < -0.4 is 0 Å². The van der Waals surface area contributed by atoms with Gasteiger partial charge in [0.1, 0.15) is 0 Å². The van der Waals surface area contributed by atoms with E-state index in [2.05, 4.69) is 16.2 Å². The summed E-state index contributed by atoms with van der Waals surface area (Å²) in [5.74, 6) is 1.00. The first-order chi connectivity index (χ1) is 9.78. The van der Waals surface area contributed by atoms with Crippen molar-refractivity contribution in [2.75, 3.05) is 0 Å². The third kappa shape index (κ3) is 2.17. The van der Waals surface area contributed by atoms with Crippen LogP contribution in [0.2, 0.25) is 0 Å². The van der Waals surface area contributed by atoms with E-state index >= 15 is 0 Å². The highest BCUT2D eigenvalue weighted by molar-refractivity contribution is 5.74. The van der Waals surface area contributed by atoms with E-state index in [1.165, 1.54) is 0 Å². The molecule has 2 aromatic carbocycles. The van der Waals surface area contributed by atoms with E-state index < -0.39 is 0 Å². The van der Waals surface area contributed by atoms with Crippen LogP contribution in [0.1, 0.15) is 11.4 Å². The first-order valence-electron chi connectivity index (χ1n) is 6.18. The van der Waals surface area contributed by atoms with Gasteiger partial charge in [-0.05, 0) is 30.2 Å². The van der Waals surface area contributed by atoms with Crippen molar-refractivity contribution in [2.24, 2.45) is 0 Å². The van der Waals surface area contributed by atoms with Crippen molar-refractivity contribution in [1.29, 1.82) is 5.26 Å². The van der Waals surface area contributed by atoms with Gasteiger partial charge >= 0.3 is 0 Å². The van der Waals surface area contributed by atoms with Crippen LogP contribution in [0.4, 0.5) is 0 Å². The lowest BCUT2D eigenvalue weighted by molar-refractivity contribution is 0.425. The number of nitrogens with zero attached hydrogens (tertiary/aromatic N) is 3. The summed E-state index contributed by atoms with van der Waals surface area (Å²) in [6, 6.07) is 17.6. The standard InChI is InChI=1S/C16H11N3O/c1-11-18-16(20-19-11)13-7-8-15(14(9-13)10-17)12-5-3-2-4-6-12/h2-9H,1H3. The average molecular weight is 261 g/mol. The average Bonchev–Trinajstić information content (AvgIpc) is 2.94. The molecule has 0 aliphatic heterocycles. The summed E-state index contributed by atoms with van der Waals surface area (Å²) in [5, 5.41) is 13.1. The Kier molecular flexibility index (Phi) is 3.02. The smallest absolute Gasteiger partial charge is 0.257 e. The monoisotopic (exact) mass is 261 g/mol. The first kappa shape index (κ1) is 12.1. The van der Waals surface area contributed by atoms with Crippen LogP contribution in [0.3, 0.4) is 0 Å². The molecule has 0 saturated heterocycles. The summed E-state index contributed by atoms with van der Waals surface area (Å²) in [6.07, 6.45) is 0. The predicted octanol–water partition coefficient (Wildman–Crippen LogP) is 3.58. The molecule has 1 heterocycles. The molecule has 0 spiro atoms. The molecule has 3 aromatic rings. The lowest BCUT2D eigenvalue weighted by Crippen LogP contribution is -1.87. The molecule has 0 radical (unpaired) electrons. The highest BCUT2D eigenvalue weighted by Crippen LogP contribution is 2.27. The van der Waals surface area contributed by atoms with Gasteiger partial charge in [0.2, 0.25) is 0 Å². The summed E-state index contributed by atoms with van der Waals surface area (Å²) in [7, 11) is 0. The molecule has 0 unspecified atom stereocenters. The van der Waals surface area contributed by atoms with Crippen LogP contribution in [0, 0.1) is 18.3 Å². The maximum atomic E-state index is 9.34. The van der Waals surface area contributed by atoms with Crippen molar-refractivity contribution in [3.63, 3.8) is 0 Å². The van der Waals surface area contributed by atoms with Crippen molar-refractivity contribution in [3.8, 4) is 28.7 Å². The number of aromatic nitrogens is 2. The minimum atomic E-state index is 0.429. The number of nitriles is 1. The molecule has 20 heavy (non-hydrogen) atoms. The fourth-order valence-corrected chi connectivity index (χ4v) is 2.05. The summed E-state index contributed by atoms with van der Waals surface area (Å²) in [5.41, 5.74) is 3.25. The van der Waals surface area contributed by atoms with Crippen LogP contribution in [-0.4, -0.2) is 10.1 Å². The van der Waals surface area contributed by atoms with E-state index in [0.29, 0.717) is 17.3 Å². The van der Waals surface area contributed by atoms with Gasteiger partial charge in [-0.1, -0.05) is 41.6 Å². The minimum absolute atomic E-state index is 0.429. The lowest BCUT2D eigenvalue weighted by Gasteiger charge is -2.05. The van der Waals surface area contributed by atoms with Gasteiger partial charge in [0, 0.05) is 5.56 Å². The fraction of sp³-hybridized carbons (Fsp3) is 0.0625. The summed E-state index contributed by atoms with van der Waals surface area (Å²) < 4.78 is 5.12. The van der Waals surface area contributed by atoms with Gasteiger partial charge in [0.25, 0.3) is 5.89 Å². The molecule has 1 aromatic heterocycles. The van der Waals surface area contributed by atoms with Crippen molar-refractivity contribution < 1.29 is 4.52 Å². The Morgan fingerprint density at radius 1 is 1.05 bits per heavy atom. The Bertz CT molecular complexity index is 785. The second-order valence-corrected chi connectivity index (χ2v) is 4.38. The number of benzene rings is 2. The van der Waals surface area contributed by atoms with Crippen LogP contribution in [0.5, 0.6) is 0 Å². The van der Waals surface area contributed by atoms with Crippen molar-refractivity contribution >= 4 is 0 Å². The van der Waals surface area contributed by atoms with Crippen LogP contribution in [-0.2, 0) is 0 Å². The third-order valence-electron chi connectivity index (χ3n) is 3.00. The summed E-state index contributed by atoms with van der Waals surface area (Å²) >= 11 is 0. The zero-order chi connectivity index (χ0) is 13.9. The first-order valence-corrected chi connectivity index (χ1v) is 6.18. The molecular weight excluding hydrogens is 250 g/mol. The molecule has 0 aliphatic rings. The zero-order valence-corrected chi connectivity index (χ0v) is 10.9. The number of aryl methyl sites for hydroxylation is 1. The molecule has 0 fully saturated rings. The van der Waals surface area contributed by atoms with E-state index in [1.54, 1.807) is 13.0 Å². The Labute approximate surface area is 116 Å². The Hall–Kier alpha value is -2.93. The van der Waals surface area contributed by atoms with E-state index in [1.807, 2.05) is 42.5 Å². The van der Waals surface area contributed by atoms with Gasteiger partial charge in [-0.3, -0.25) is 0 Å². The van der Waals surface area contributed by atoms with Crippen molar-refractivity contribution in [1.82, 2.24) is 10.1 Å². The van der Waals surface area contributed by atoms with Gasteiger partial charge in [-0.15, -0.1) is 0 Å². The minimum Gasteiger partial charge on any atom is -0.334 e. The molecule has 0 bridgehead atoms. The van der Waals surface area contributed by atoms with Gasteiger partial charge in [-0.2, -0.15) is 10.2 Å². The normalized spacial score (nSPS) is 10.2. The van der Waals surface area contributed by atoms with E-state index in [0.717, 1.165) is 16.7 Å². The van der Waals surface area contributed by atoms with Gasteiger partial charge in [0.05, 0.1) is 11.6 Å². The molecule has 4 heteroatoms. The number of hydrogen-bond acceptors (Lipinski definition) is 4. The molecular formula is C16H11N3O. The summed E-state index contributed by atoms with van der Waals surface area (Å²) in [4.78, 5) is 4.17. The van der Waals surface area contributed by atoms with Crippen molar-refractivity contribution in [2.45, 2.75) is 6.92 Å². The molecule has 0 atom stereocenters. The third-order valence-corrected chi connectivity index (χ3v) is 3.00. The molecule has 0 aliphatic carbocycles. The molecule has 0 N–H and O–H groups in total. The topological polar surface area (TPSA) is 62.7 Å². The fourth-order valence-electron chi connectivity index (χ4n) is 2.05. The highest BCUT2D eigenvalue weighted by Gasteiger charge is 2.11. The lowest BCUT2D eigenvalue weighted by atomic mass is 9.98. The van der Waals surface area contributed by atoms with Crippen LogP contribution in [0.25, 0.3) is 22.6 Å². The van der Waals surface area contributed by atoms with Crippen molar-refractivity contribution in [3.05, 3.63) is 59.9 Å². The Morgan fingerprint density at radius 2 is 1.85 bits per heavy atom. The second-order valence-electron chi connectivity index (χ2n) is 4.38. The molecule has 0 saturated carbocycles. The maximum Gasteiger partial charge on any atom is 0.257 e. The van der Waals surface area contributed by atoms with E-state index in [-0.39, 0.29) is 0 Å². The maximum absolute atomic E-state index is 9.34. The number of rotatable bonds is 2. The summed E-state index contributed by atoms with van der Waals surface area (Å²) in [6.45, 7) is 1.76. The van der Waals surface area contributed by atoms with Gasteiger partial charge < -0.3 is 4.52 Å². The predicted molar refractivity (Wildman–Crippen MR) is 74.6 cm³/mol. The molecule has 4 nitrogen and oxygen atoms in total. The van der Waals surface area contributed by atoms with Gasteiger partial charge in [0.15, 0.2) is 5.82 Å². The zero-order valence-electron chi connectivity index (χ0n) is 10.9. The van der Waals surface area contributed by atoms with Crippen LogP contribution in [0.15, 0.2) is 53.1 Å². The number of hydrogen-bond donors (Lipinski definition) is 0. The Balaban J connectivity index is 2.10. The Morgan fingerprint density at radius 3 is 2.50 bits per heavy atom. The molecule has 3 rings (SSSR count). The SMILES string of the molecule is Cc1noc(-c2ccc(-c3ccccc3)c(C#N)c2)n1. The quantitative estimate of drug-likeness (QED) is 0.707. The van der Waals surface area contributed by atoms with Crippen LogP contribution >= 0.6 is 0 Å². The highest BCUT2D eigenvalue weighted by atomic mass is 16.5. The van der Waals surface area contributed by atoms with Gasteiger partial charge in [-0.25, -0.2) is 0 Å². The molecule has 0 amide bonds. The van der Waals surface area contributed by atoms with E-state index in [4.69, 9.17) is 4.52 Å². The second kappa shape index (κ2) is 4.98. The van der Waals surface area contributed by atoms with E-state index in [9.17, 15) is 5.26 Å². The largest absolute Gasteiger partial charge is 0.334 e.